The van der Waals surface area contributed by atoms with Gasteiger partial charge in [-0.1, -0.05) is 35.5 Å². The molecule has 2 rings (SSSR count). The van der Waals surface area contributed by atoms with Crippen LogP contribution in [0.4, 0.5) is 0 Å². The Balaban J connectivity index is 2.03. The molecule has 1 aromatic carbocycles. The van der Waals surface area contributed by atoms with Gasteiger partial charge in [0.15, 0.2) is 0 Å². The van der Waals surface area contributed by atoms with Gasteiger partial charge in [0.25, 0.3) is 0 Å². The van der Waals surface area contributed by atoms with Gasteiger partial charge in [-0.05, 0) is 14.0 Å². The van der Waals surface area contributed by atoms with Crippen LogP contribution < -0.4 is 0 Å². The van der Waals surface area contributed by atoms with Gasteiger partial charge in [0, 0.05) is 12.1 Å². The van der Waals surface area contributed by atoms with Crippen LogP contribution in [0.1, 0.15) is 12.8 Å². The Morgan fingerprint density at radius 2 is 2.06 bits per heavy atom. The fourth-order valence-corrected chi connectivity index (χ4v) is 1.77. The van der Waals surface area contributed by atoms with Crippen molar-refractivity contribution in [2.24, 2.45) is 0 Å². The van der Waals surface area contributed by atoms with E-state index in [1.165, 1.54) is 0 Å². The molecule has 0 fully saturated rings. The molecule has 0 saturated heterocycles. The molecular weight excluding hydrogens is 230 g/mol. The van der Waals surface area contributed by atoms with Crippen LogP contribution >= 0.6 is 0 Å². The Morgan fingerprint density at radius 3 is 2.72 bits per heavy atom. The quantitative estimate of drug-likeness (QED) is 0.868. The number of aliphatic hydroxyl groups is 1. The minimum Gasteiger partial charge on any atom is -0.392 e. The third kappa shape index (κ3) is 3.38. The van der Waals surface area contributed by atoms with E-state index in [-0.39, 0.29) is 6.10 Å². The summed E-state index contributed by atoms with van der Waals surface area (Å²) in [6, 6.07) is 9.69. The second kappa shape index (κ2) is 5.75. The van der Waals surface area contributed by atoms with E-state index in [0.29, 0.717) is 24.8 Å². The molecule has 18 heavy (non-hydrogen) atoms. The van der Waals surface area contributed by atoms with E-state index in [1.54, 1.807) is 6.92 Å². The molecule has 5 heteroatoms. The van der Waals surface area contributed by atoms with Gasteiger partial charge < -0.3 is 9.63 Å². The van der Waals surface area contributed by atoms with E-state index >= 15 is 0 Å². The highest BCUT2D eigenvalue weighted by Gasteiger charge is 2.11. The standard InChI is InChI=1S/C13H17N3O2/c1-10(17)8-16(2)9-12-14-13(15-18-12)11-6-4-3-5-7-11/h3-7,10,17H,8-9H2,1-2H3. The minimum absolute atomic E-state index is 0.369. The number of hydrogen-bond donors (Lipinski definition) is 1. The number of aromatic nitrogens is 2. The number of benzene rings is 1. The molecule has 1 aromatic heterocycles. The summed E-state index contributed by atoms with van der Waals surface area (Å²) >= 11 is 0. The average molecular weight is 247 g/mol. The third-order valence-electron chi connectivity index (χ3n) is 2.48. The van der Waals surface area contributed by atoms with Crippen LogP contribution in [0.5, 0.6) is 0 Å². The lowest BCUT2D eigenvalue weighted by Crippen LogP contribution is -2.26. The van der Waals surface area contributed by atoms with Crippen LogP contribution in [-0.2, 0) is 6.54 Å². The molecule has 0 saturated carbocycles. The van der Waals surface area contributed by atoms with E-state index in [0.717, 1.165) is 5.56 Å². The number of rotatable bonds is 5. The maximum atomic E-state index is 9.28. The summed E-state index contributed by atoms with van der Waals surface area (Å²) < 4.78 is 5.19. The van der Waals surface area contributed by atoms with Gasteiger partial charge in [-0.25, -0.2) is 0 Å². The smallest absolute Gasteiger partial charge is 0.241 e. The molecule has 0 aliphatic carbocycles. The zero-order chi connectivity index (χ0) is 13.0. The molecule has 0 radical (unpaired) electrons. The molecular formula is C13H17N3O2. The van der Waals surface area contributed by atoms with Gasteiger partial charge in [-0.15, -0.1) is 0 Å². The Kier molecular flexibility index (Phi) is 4.07. The Bertz CT molecular complexity index is 482. The molecule has 0 aliphatic rings. The summed E-state index contributed by atoms with van der Waals surface area (Å²) in [5, 5.41) is 13.2. The van der Waals surface area contributed by atoms with Crippen LogP contribution in [0.3, 0.4) is 0 Å². The molecule has 1 N–H and O–H groups in total. The molecule has 0 spiro atoms. The van der Waals surface area contributed by atoms with E-state index in [1.807, 2.05) is 42.3 Å². The number of likely N-dealkylation sites (N-methyl/N-ethyl adjacent to an activating group) is 1. The monoisotopic (exact) mass is 247 g/mol. The minimum atomic E-state index is -0.369. The summed E-state index contributed by atoms with van der Waals surface area (Å²) in [5.74, 6) is 1.15. The number of hydrogen-bond acceptors (Lipinski definition) is 5. The first kappa shape index (κ1) is 12.7. The topological polar surface area (TPSA) is 62.4 Å². The summed E-state index contributed by atoms with van der Waals surface area (Å²) in [5.41, 5.74) is 0.936. The van der Waals surface area contributed by atoms with Gasteiger partial charge >= 0.3 is 0 Å². The second-order valence-electron chi connectivity index (χ2n) is 4.42. The van der Waals surface area contributed by atoms with Crippen molar-refractivity contribution in [3.63, 3.8) is 0 Å². The lowest BCUT2D eigenvalue weighted by atomic mass is 10.2. The van der Waals surface area contributed by atoms with Crippen molar-refractivity contribution in [1.29, 1.82) is 0 Å². The summed E-state index contributed by atoms with van der Waals surface area (Å²) in [6.07, 6.45) is -0.369. The van der Waals surface area contributed by atoms with Gasteiger partial charge in [0.05, 0.1) is 12.6 Å². The first-order valence-electron chi connectivity index (χ1n) is 5.90. The largest absolute Gasteiger partial charge is 0.392 e. The van der Waals surface area contributed by atoms with Crippen molar-refractivity contribution in [3.8, 4) is 11.4 Å². The van der Waals surface area contributed by atoms with Crippen LogP contribution in [-0.4, -0.2) is 39.8 Å². The maximum absolute atomic E-state index is 9.28. The Labute approximate surface area is 106 Å². The van der Waals surface area contributed by atoms with Crippen LogP contribution in [0.2, 0.25) is 0 Å². The van der Waals surface area contributed by atoms with Gasteiger partial charge in [0.2, 0.25) is 11.7 Å². The second-order valence-corrected chi connectivity index (χ2v) is 4.42. The van der Waals surface area contributed by atoms with Gasteiger partial charge in [-0.2, -0.15) is 4.98 Å². The van der Waals surface area contributed by atoms with Crippen LogP contribution in [0, 0.1) is 0 Å². The van der Waals surface area contributed by atoms with Crippen molar-refractivity contribution < 1.29 is 9.63 Å². The summed E-state index contributed by atoms with van der Waals surface area (Å²) in [6.45, 7) is 2.85. The molecule has 1 heterocycles. The zero-order valence-electron chi connectivity index (χ0n) is 10.6. The molecule has 96 valence electrons. The highest BCUT2D eigenvalue weighted by Crippen LogP contribution is 2.15. The highest BCUT2D eigenvalue weighted by atomic mass is 16.5. The fraction of sp³-hybridized carbons (Fsp3) is 0.385. The number of nitrogens with zero attached hydrogens (tertiary/aromatic N) is 3. The molecule has 0 amide bonds. The SMILES string of the molecule is CC(O)CN(C)Cc1nc(-c2ccccc2)no1. The van der Waals surface area contributed by atoms with E-state index in [9.17, 15) is 5.11 Å². The van der Waals surface area contributed by atoms with Crippen LogP contribution in [0.15, 0.2) is 34.9 Å². The highest BCUT2D eigenvalue weighted by molar-refractivity contribution is 5.53. The first-order valence-corrected chi connectivity index (χ1v) is 5.90. The van der Waals surface area contributed by atoms with Crippen molar-refractivity contribution in [1.82, 2.24) is 15.0 Å². The molecule has 0 aliphatic heterocycles. The first-order chi connectivity index (χ1) is 8.65. The normalized spacial score (nSPS) is 12.9. The molecule has 1 unspecified atom stereocenters. The van der Waals surface area contributed by atoms with Crippen LogP contribution in [0.25, 0.3) is 11.4 Å². The van der Waals surface area contributed by atoms with Crippen molar-refractivity contribution in [3.05, 3.63) is 36.2 Å². The fourth-order valence-electron chi connectivity index (χ4n) is 1.77. The Morgan fingerprint density at radius 1 is 1.33 bits per heavy atom. The summed E-state index contributed by atoms with van der Waals surface area (Å²) in [4.78, 5) is 6.26. The molecule has 0 bridgehead atoms. The Hall–Kier alpha value is -1.72. The zero-order valence-corrected chi connectivity index (χ0v) is 10.6. The van der Waals surface area contributed by atoms with Crippen molar-refractivity contribution >= 4 is 0 Å². The predicted molar refractivity (Wildman–Crippen MR) is 67.7 cm³/mol. The third-order valence-corrected chi connectivity index (χ3v) is 2.48. The lowest BCUT2D eigenvalue weighted by molar-refractivity contribution is 0.131. The molecule has 2 aromatic rings. The average Bonchev–Trinajstić information content (AvgIpc) is 2.77. The molecule has 5 nitrogen and oxygen atoms in total. The number of aliphatic hydroxyl groups excluding tert-OH is 1. The van der Waals surface area contributed by atoms with E-state index in [2.05, 4.69) is 10.1 Å². The van der Waals surface area contributed by atoms with Crippen molar-refractivity contribution in [2.75, 3.05) is 13.6 Å². The maximum Gasteiger partial charge on any atom is 0.241 e. The van der Waals surface area contributed by atoms with E-state index < -0.39 is 0 Å². The summed E-state index contributed by atoms with van der Waals surface area (Å²) in [7, 11) is 1.90. The predicted octanol–water partition coefficient (Wildman–Crippen LogP) is 1.55. The lowest BCUT2D eigenvalue weighted by Gasteiger charge is -2.15. The molecule has 1 atom stereocenters. The van der Waals surface area contributed by atoms with Gasteiger partial charge in [-0.3, -0.25) is 4.90 Å². The van der Waals surface area contributed by atoms with Crippen molar-refractivity contribution in [2.45, 2.75) is 19.6 Å². The van der Waals surface area contributed by atoms with Gasteiger partial charge in [0.1, 0.15) is 0 Å². The van der Waals surface area contributed by atoms with E-state index in [4.69, 9.17) is 4.52 Å².